The van der Waals surface area contributed by atoms with E-state index in [-0.39, 0.29) is 17.6 Å². The van der Waals surface area contributed by atoms with Crippen molar-refractivity contribution < 1.29 is 9.21 Å². The monoisotopic (exact) mass is 313 g/mol. The Hall–Kier alpha value is -1.48. The molecule has 1 amide bonds. The molecule has 0 aromatic carbocycles. The molecule has 2 aromatic rings. The van der Waals surface area contributed by atoms with E-state index in [2.05, 4.69) is 25.7 Å². The van der Waals surface area contributed by atoms with Crippen LogP contribution in [0.15, 0.2) is 9.64 Å². The number of aryl methyl sites for hydroxylation is 1. The van der Waals surface area contributed by atoms with Gasteiger partial charge in [0.25, 0.3) is 5.22 Å². The highest BCUT2D eigenvalue weighted by molar-refractivity contribution is 7.99. The van der Waals surface area contributed by atoms with Crippen LogP contribution in [0.4, 0.5) is 5.13 Å². The van der Waals surface area contributed by atoms with Crippen molar-refractivity contribution in [2.75, 3.05) is 11.1 Å². The first kappa shape index (κ1) is 14.9. The minimum absolute atomic E-state index is 0.168. The maximum Gasteiger partial charge on any atom is 0.277 e. The van der Waals surface area contributed by atoms with Gasteiger partial charge in [-0.05, 0) is 6.42 Å². The van der Waals surface area contributed by atoms with Crippen molar-refractivity contribution in [3.05, 3.63) is 10.9 Å². The molecule has 108 valence electrons. The average Bonchev–Trinajstić information content (AvgIpc) is 3.05. The number of hydrogen-bond acceptors (Lipinski definition) is 8. The van der Waals surface area contributed by atoms with Crippen molar-refractivity contribution in [3.63, 3.8) is 0 Å². The third-order valence-electron chi connectivity index (χ3n) is 2.26. The Kier molecular flexibility index (Phi) is 5.07. The molecule has 2 rings (SSSR count). The average molecular weight is 313 g/mol. The van der Waals surface area contributed by atoms with Crippen LogP contribution >= 0.6 is 23.1 Å². The van der Waals surface area contributed by atoms with Gasteiger partial charge < -0.3 is 4.42 Å². The first-order valence-corrected chi connectivity index (χ1v) is 7.97. The van der Waals surface area contributed by atoms with E-state index in [0.717, 1.165) is 11.4 Å². The smallest absolute Gasteiger partial charge is 0.277 e. The number of hydrogen-bond donors (Lipinski definition) is 1. The normalized spacial score (nSPS) is 11.0. The van der Waals surface area contributed by atoms with Gasteiger partial charge in [0, 0.05) is 5.92 Å². The molecule has 0 aliphatic carbocycles. The molecule has 0 unspecified atom stereocenters. The molecule has 1 N–H and O–H groups in total. The summed E-state index contributed by atoms with van der Waals surface area (Å²) in [6.07, 6.45) is 0.808. The van der Waals surface area contributed by atoms with Crippen LogP contribution in [-0.4, -0.2) is 32.1 Å². The van der Waals surface area contributed by atoms with Gasteiger partial charge in [0.05, 0.1) is 5.75 Å². The Bertz CT molecular complexity index is 581. The highest BCUT2D eigenvalue weighted by Crippen LogP contribution is 2.21. The van der Waals surface area contributed by atoms with Crippen LogP contribution in [-0.2, 0) is 11.2 Å². The minimum atomic E-state index is -0.168. The van der Waals surface area contributed by atoms with E-state index in [1.807, 2.05) is 20.8 Å². The maximum atomic E-state index is 11.7. The fourth-order valence-corrected chi connectivity index (χ4v) is 2.51. The molecule has 0 spiro atoms. The second-order valence-corrected chi connectivity index (χ2v) is 6.24. The standard InChI is InChI=1S/C11H15N5O2S2/c1-4-8-13-15-10(20-8)12-7(17)5-19-11-16-14-9(18-11)6(2)3/h6H,4-5H2,1-3H3,(H,12,15,17). The summed E-state index contributed by atoms with van der Waals surface area (Å²) in [5.74, 6) is 0.781. The molecular weight excluding hydrogens is 298 g/mol. The first-order chi connectivity index (χ1) is 9.58. The van der Waals surface area contributed by atoms with Gasteiger partial charge in [0.2, 0.25) is 16.9 Å². The summed E-state index contributed by atoms with van der Waals surface area (Å²) in [6.45, 7) is 5.93. The van der Waals surface area contributed by atoms with Crippen LogP contribution in [0.1, 0.15) is 37.6 Å². The lowest BCUT2D eigenvalue weighted by atomic mass is 10.2. The minimum Gasteiger partial charge on any atom is -0.416 e. The summed E-state index contributed by atoms with van der Waals surface area (Å²) in [5, 5.41) is 20.1. The molecule has 2 heterocycles. The predicted molar refractivity (Wildman–Crippen MR) is 77.0 cm³/mol. The SMILES string of the molecule is CCc1nnc(NC(=O)CSc2nnc(C(C)C)o2)s1. The quantitative estimate of drug-likeness (QED) is 0.818. The molecular formula is C11H15N5O2S2. The van der Waals surface area contributed by atoms with Crippen LogP contribution < -0.4 is 5.32 Å². The summed E-state index contributed by atoms with van der Waals surface area (Å²) in [4.78, 5) is 11.7. The van der Waals surface area contributed by atoms with E-state index in [1.165, 1.54) is 23.1 Å². The van der Waals surface area contributed by atoms with Gasteiger partial charge >= 0.3 is 0 Å². The molecule has 0 aliphatic heterocycles. The summed E-state index contributed by atoms with van der Waals surface area (Å²) < 4.78 is 5.40. The summed E-state index contributed by atoms with van der Waals surface area (Å²) in [7, 11) is 0. The van der Waals surface area contributed by atoms with E-state index < -0.39 is 0 Å². The number of nitrogens with one attached hydrogen (secondary N) is 1. The van der Waals surface area contributed by atoms with E-state index in [0.29, 0.717) is 16.2 Å². The summed E-state index contributed by atoms with van der Waals surface area (Å²) in [5.41, 5.74) is 0. The first-order valence-electron chi connectivity index (χ1n) is 6.17. The van der Waals surface area contributed by atoms with Gasteiger partial charge in [-0.25, -0.2) is 0 Å². The second kappa shape index (κ2) is 6.80. The van der Waals surface area contributed by atoms with Gasteiger partial charge in [0.15, 0.2) is 0 Å². The number of thioether (sulfide) groups is 1. The number of rotatable bonds is 6. The zero-order valence-electron chi connectivity index (χ0n) is 11.4. The Morgan fingerprint density at radius 2 is 2.15 bits per heavy atom. The molecule has 0 aliphatic rings. The van der Waals surface area contributed by atoms with Crippen molar-refractivity contribution in [3.8, 4) is 0 Å². The summed E-state index contributed by atoms with van der Waals surface area (Å²) >= 11 is 2.58. The van der Waals surface area contributed by atoms with Crippen molar-refractivity contribution >= 4 is 34.1 Å². The number of anilines is 1. The molecule has 0 bridgehead atoms. The van der Waals surface area contributed by atoms with Crippen LogP contribution in [0.5, 0.6) is 0 Å². The topological polar surface area (TPSA) is 93.8 Å². The van der Waals surface area contributed by atoms with E-state index >= 15 is 0 Å². The lowest BCUT2D eigenvalue weighted by Gasteiger charge is -1.98. The second-order valence-electron chi connectivity index (χ2n) is 4.25. The van der Waals surface area contributed by atoms with Gasteiger partial charge in [0.1, 0.15) is 5.01 Å². The van der Waals surface area contributed by atoms with E-state index in [4.69, 9.17) is 4.42 Å². The highest BCUT2D eigenvalue weighted by atomic mass is 32.2. The molecule has 0 atom stereocenters. The lowest BCUT2D eigenvalue weighted by Crippen LogP contribution is -2.13. The lowest BCUT2D eigenvalue weighted by molar-refractivity contribution is -0.113. The molecule has 20 heavy (non-hydrogen) atoms. The number of carbonyl (C=O) groups excluding carboxylic acids is 1. The molecule has 0 radical (unpaired) electrons. The van der Waals surface area contributed by atoms with Crippen molar-refractivity contribution in [2.24, 2.45) is 0 Å². The van der Waals surface area contributed by atoms with Gasteiger partial charge in [-0.3, -0.25) is 10.1 Å². The molecule has 0 saturated heterocycles. The fraction of sp³-hybridized carbons (Fsp3) is 0.545. The number of carbonyl (C=O) groups is 1. The van der Waals surface area contributed by atoms with Crippen LogP contribution in [0.25, 0.3) is 0 Å². The van der Waals surface area contributed by atoms with E-state index in [9.17, 15) is 4.79 Å². The molecule has 7 nitrogen and oxygen atoms in total. The van der Waals surface area contributed by atoms with Crippen LogP contribution in [0.2, 0.25) is 0 Å². The summed E-state index contributed by atoms with van der Waals surface area (Å²) in [6, 6.07) is 0. The van der Waals surface area contributed by atoms with Crippen molar-refractivity contribution in [1.29, 1.82) is 0 Å². The number of aromatic nitrogens is 4. The van der Waals surface area contributed by atoms with E-state index in [1.54, 1.807) is 0 Å². The Morgan fingerprint density at radius 1 is 1.35 bits per heavy atom. The van der Waals surface area contributed by atoms with Gasteiger partial charge in [-0.1, -0.05) is 43.9 Å². The maximum absolute atomic E-state index is 11.7. The van der Waals surface area contributed by atoms with Gasteiger partial charge in [-0.15, -0.1) is 20.4 Å². The third kappa shape index (κ3) is 4.01. The third-order valence-corrected chi connectivity index (χ3v) is 4.06. The zero-order chi connectivity index (χ0) is 14.5. The Labute approximate surface area is 124 Å². The number of nitrogens with zero attached hydrogens (tertiary/aromatic N) is 4. The molecule has 0 fully saturated rings. The van der Waals surface area contributed by atoms with Crippen molar-refractivity contribution in [1.82, 2.24) is 20.4 Å². The molecule has 0 saturated carbocycles. The molecule has 2 aromatic heterocycles. The Morgan fingerprint density at radius 3 is 2.75 bits per heavy atom. The van der Waals surface area contributed by atoms with Crippen LogP contribution in [0.3, 0.4) is 0 Å². The Balaban J connectivity index is 1.82. The number of amides is 1. The van der Waals surface area contributed by atoms with Crippen molar-refractivity contribution in [2.45, 2.75) is 38.3 Å². The zero-order valence-corrected chi connectivity index (χ0v) is 13.0. The highest BCUT2D eigenvalue weighted by Gasteiger charge is 2.13. The molecule has 9 heteroatoms. The fourth-order valence-electron chi connectivity index (χ4n) is 1.24. The predicted octanol–water partition coefficient (Wildman–Crippen LogP) is 2.34. The van der Waals surface area contributed by atoms with Crippen LogP contribution in [0, 0.1) is 0 Å². The largest absolute Gasteiger partial charge is 0.416 e. The van der Waals surface area contributed by atoms with Gasteiger partial charge in [-0.2, -0.15) is 0 Å².